The minimum Gasteiger partial charge on any atom is -0.490 e. The highest BCUT2D eigenvalue weighted by atomic mass is 32.2. The number of hydrogen-bond acceptors (Lipinski definition) is 4. The first-order chi connectivity index (χ1) is 13.6. The monoisotopic (exact) mass is 399 g/mol. The second-order valence-electron chi connectivity index (χ2n) is 6.82. The summed E-state index contributed by atoms with van der Waals surface area (Å²) in [5.74, 6) is 2.33. The van der Waals surface area contributed by atoms with Crippen LogP contribution in [0.1, 0.15) is 47.0 Å². The third kappa shape index (κ3) is 4.82. The fourth-order valence-corrected chi connectivity index (χ4v) is 4.86. The summed E-state index contributed by atoms with van der Waals surface area (Å²) >= 11 is 1.95. The fraction of sp³-hybridized carbons (Fsp3) is 0.435. The first-order valence-corrected chi connectivity index (χ1v) is 11.0. The summed E-state index contributed by atoms with van der Waals surface area (Å²) in [7, 11) is 0. The van der Waals surface area contributed by atoms with Crippen LogP contribution in [0.2, 0.25) is 0 Å². The van der Waals surface area contributed by atoms with Crippen LogP contribution >= 0.6 is 11.8 Å². The van der Waals surface area contributed by atoms with Gasteiger partial charge in [0.1, 0.15) is 0 Å². The normalized spacial score (nSPS) is 17.1. The van der Waals surface area contributed by atoms with E-state index in [1.54, 1.807) is 0 Å². The number of nitrogens with zero attached hydrogens (tertiary/aromatic N) is 1. The number of carbonyl (C=O) groups excluding carboxylic acids is 1. The summed E-state index contributed by atoms with van der Waals surface area (Å²) < 4.78 is 11.3. The molecule has 28 heavy (non-hydrogen) atoms. The van der Waals surface area contributed by atoms with Gasteiger partial charge in [0.15, 0.2) is 11.5 Å². The standard InChI is InChI=1S/C23H29NO3S/c1-4-26-20-11-10-18(16-21(20)27-5-2)23(25)24-13-12-22(28-15-14-24)19-9-7-6-8-17(19)3/h6-11,16,22H,4-5,12-15H2,1-3H3. The molecule has 0 bridgehead atoms. The number of ether oxygens (including phenoxy) is 2. The number of aryl methyl sites for hydroxylation is 1. The van der Waals surface area contributed by atoms with Crippen LogP contribution in [-0.2, 0) is 0 Å². The molecule has 1 amide bonds. The van der Waals surface area contributed by atoms with Crippen molar-refractivity contribution >= 4 is 17.7 Å². The minimum atomic E-state index is 0.0648. The SMILES string of the molecule is CCOc1ccc(C(=O)N2CCSC(c3ccccc3C)CC2)cc1OCC. The molecule has 1 unspecified atom stereocenters. The molecule has 0 aliphatic carbocycles. The van der Waals surface area contributed by atoms with E-state index in [1.165, 1.54) is 11.1 Å². The topological polar surface area (TPSA) is 38.8 Å². The maximum atomic E-state index is 13.1. The molecule has 1 fully saturated rings. The van der Waals surface area contributed by atoms with Crippen LogP contribution in [0.25, 0.3) is 0 Å². The van der Waals surface area contributed by atoms with Crippen molar-refractivity contribution in [2.75, 3.05) is 32.1 Å². The summed E-state index contributed by atoms with van der Waals surface area (Å²) in [5, 5.41) is 0.443. The summed E-state index contributed by atoms with van der Waals surface area (Å²) in [5.41, 5.74) is 3.38. The van der Waals surface area contributed by atoms with Crippen molar-refractivity contribution in [3.05, 3.63) is 59.2 Å². The van der Waals surface area contributed by atoms with E-state index in [2.05, 4.69) is 31.2 Å². The maximum absolute atomic E-state index is 13.1. The van der Waals surface area contributed by atoms with Crippen molar-refractivity contribution in [3.8, 4) is 11.5 Å². The zero-order chi connectivity index (χ0) is 19.9. The van der Waals surface area contributed by atoms with Gasteiger partial charge in [-0.1, -0.05) is 24.3 Å². The van der Waals surface area contributed by atoms with Crippen molar-refractivity contribution in [1.29, 1.82) is 0 Å². The molecule has 0 N–H and O–H groups in total. The molecule has 2 aromatic carbocycles. The van der Waals surface area contributed by atoms with E-state index in [0.29, 0.717) is 35.5 Å². The van der Waals surface area contributed by atoms with Gasteiger partial charge in [-0.3, -0.25) is 4.79 Å². The van der Waals surface area contributed by atoms with Gasteiger partial charge in [0, 0.05) is 29.7 Å². The van der Waals surface area contributed by atoms with Gasteiger partial charge in [-0.15, -0.1) is 0 Å². The predicted octanol–water partition coefficient (Wildman–Crippen LogP) is 5.11. The van der Waals surface area contributed by atoms with Crippen molar-refractivity contribution in [2.45, 2.75) is 32.4 Å². The molecular formula is C23H29NO3S. The molecular weight excluding hydrogens is 370 g/mol. The number of rotatable bonds is 6. The van der Waals surface area contributed by atoms with Gasteiger partial charge in [0.2, 0.25) is 0 Å². The van der Waals surface area contributed by atoms with Gasteiger partial charge < -0.3 is 14.4 Å². The number of hydrogen-bond donors (Lipinski definition) is 0. The van der Waals surface area contributed by atoms with Crippen LogP contribution in [0.5, 0.6) is 11.5 Å². The Morgan fingerprint density at radius 2 is 1.82 bits per heavy atom. The average Bonchev–Trinajstić information content (AvgIpc) is 2.96. The highest BCUT2D eigenvalue weighted by Crippen LogP contribution is 2.36. The van der Waals surface area contributed by atoms with Gasteiger partial charge in [0.25, 0.3) is 5.91 Å². The van der Waals surface area contributed by atoms with E-state index in [1.807, 2.05) is 48.7 Å². The highest BCUT2D eigenvalue weighted by molar-refractivity contribution is 7.99. The lowest BCUT2D eigenvalue weighted by atomic mass is 10.0. The molecule has 4 nitrogen and oxygen atoms in total. The van der Waals surface area contributed by atoms with Crippen LogP contribution in [0.15, 0.2) is 42.5 Å². The van der Waals surface area contributed by atoms with E-state index < -0.39 is 0 Å². The van der Waals surface area contributed by atoms with Gasteiger partial charge in [-0.05, 0) is 56.5 Å². The molecule has 3 rings (SSSR count). The third-order valence-electron chi connectivity index (χ3n) is 4.95. The van der Waals surface area contributed by atoms with Crippen molar-refractivity contribution in [3.63, 3.8) is 0 Å². The quantitative estimate of drug-likeness (QED) is 0.676. The molecule has 5 heteroatoms. The lowest BCUT2D eigenvalue weighted by Crippen LogP contribution is -2.33. The van der Waals surface area contributed by atoms with E-state index in [4.69, 9.17) is 9.47 Å². The smallest absolute Gasteiger partial charge is 0.254 e. The molecule has 0 spiro atoms. The lowest BCUT2D eigenvalue weighted by molar-refractivity contribution is 0.0766. The second kappa shape index (κ2) is 9.87. The average molecular weight is 400 g/mol. The van der Waals surface area contributed by atoms with Gasteiger partial charge in [-0.2, -0.15) is 11.8 Å². The fourth-order valence-electron chi connectivity index (χ4n) is 3.54. The van der Waals surface area contributed by atoms with Crippen LogP contribution in [0.3, 0.4) is 0 Å². The number of carbonyl (C=O) groups is 1. The van der Waals surface area contributed by atoms with Crippen molar-refractivity contribution in [2.24, 2.45) is 0 Å². The zero-order valence-corrected chi connectivity index (χ0v) is 17.8. The van der Waals surface area contributed by atoms with Crippen molar-refractivity contribution < 1.29 is 14.3 Å². The van der Waals surface area contributed by atoms with Gasteiger partial charge >= 0.3 is 0 Å². The van der Waals surface area contributed by atoms with Crippen LogP contribution in [0, 0.1) is 6.92 Å². The third-order valence-corrected chi connectivity index (χ3v) is 6.26. The van der Waals surface area contributed by atoms with Gasteiger partial charge in [-0.25, -0.2) is 0 Å². The molecule has 150 valence electrons. The number of amides is 1. The van der Waals surface area contributed by atoms with Gasteiger partial charge in [0.05, 0.1) is 13.2 Å². The van der Waals surface area contributed by atoms with E-state index in [0.717, 1.165) is 25.3 Å². The van der Waals surface area contributed by atoms with E-state index in [-0.39, 0.29) is 5.91 Å². The number of thioether (sulfide) groups is 1. The zero-order valence-electron chi connectivity index (χ0n) is 16.9. The second-order valence-corrected chi connectivity index (χ2v) is 8.14. The molecule has 1 aliphatic heterocycles. The number of benzene rings is 2. The van der Waals surface area contributed by atoms with Crippen LogP contribution in [-0.4, -0.2) is 42.9 Å². The van der Waals surface area contributed by atoms with E-state index in [9.17, 15) is 4.79 Å². The molecule has 0 saturated carbocycles. The lowest BCUT2D eigenvalue weighted by Gasteiger charge is -2.21. The Kier molecular flexibility index (Phi) is 7.26. The maximum Gasteiger partial charge on any atom is 0.254 e. The molecule has 0 radical (unpaired) electrons. The molecule has 0 aromatic heterocycles. The Morgan fingerprint density at radius 1 is 1.07 bits per heavy atom. The summed E-state index contributed by atoms with van der Waals surface area (Å²) in [6.07, 6.45) is 0.969. The molecule has 1 atom stereocenters. The Hall–Kier alpha value is -2.14. The molecule has 1 saturated heterocycles. The molecule has 2 aromatic rings. The first-order valence-electron chi connectivity index (χ1n) is 10.00. The largest absolute Gasteiger partial charge is 0.490 e. The van der Waals surface area contributed by atoms with Crippen LogP contribution < -0.4 is 9.47 Å². The minimum absolute atomic E-state index is 0.0648. The molecule has 1 aliphatic rings. The Balaban J connectivity index is 1.72. The van der Waals surface area contributed by atoms with E-state index >= 15 is 0 Å². The summed E-state index contributed by atoms with van der Waals surface area (Å²) in [6.45, 7) is 8.67. The summed E-state index contributed by atoms with van der Waals surface area (Å²) in [4.78, 5) is 15.1. The highest BCUT2D eigenvalue weighted by Gasteiger charge is 2.24. The summed E-state index contributed by atoms with van der Waals surface area (Å²) in [6, 6.07) is 14.1. The Morgan fingerprint density at radius 3 is 2.57 bits per heavy atom. The Labute approximate surface area is 172 Å². The predicted molar refractivity (Wildman–Crippen MR) is 116 cm³/mol. The molecule has 1 heterocycles. The van der Waals surface area contributed by atoms with Crippen LogP contribution in [0.4, 0.5) is 0 Å². The van der Waals surface area contributed by atoms with Crippen molar-refractivity contribution in [1.82, 2.24) is 4.90 Å². The first kappa shape index (κ1) is 20.6. The Bertz CT molecular complexity index is 808.